The number of methoxy groups -OCH3 is 2. The molecule has 22 heavy (non-hydrogen) atoms. The van der Waals surface area contributed by atoms with Gasteiger partial charge in [0.05, 0.1) is 25.3 Å². The molecule has 0 amide bonds. The van der Waals surface area contributed by atoms with Crippen LogP contribution < -0.4 is 9.47 Å². The monoisotopic (exact) mass is 322 g/mol. The van der Waals surface area contributed by atoms with Crippen molar-refractivity contribution in [2.45, 2.75) is 26.3 Å². The van der Waals surface area contributed by atoms with Gasteiger partial charge in [-0.1, -0.05) is 11.6 Å². The van der Waals surface area contributed by atoms with Gasteiger partial charge in [0.1, 0.15) is 10.8 Å². The molecule has 6 heteroatoms. The molecule has 5 nitrogen and oxygen atoms in total. The molecule has 0 radical (unpaired) electrons. The lowest BCUT2D eigenvalue weighted by Crippen LogP contribution is -2.23. The summed E-state index contributed by atoms with van der Waals surface area (Å²) in [5, 5.41) is 4.84. The Morgan fingerprint density at radius 2 is 1.82 bits per heavy atom. The number of carbonyl (C=O) groups is 1. The second-order valence-corrected chi connectivity index (χ2v) is 6.18. The summed E-state index contributed by atoms with van der Waals surface area (Å²) in [5.74, 6) is 1.18. The summed E-state index contributed by atoms with van der Waals surface area (Å²) in [6.45, 7) is 5.91. The Labute approximate surface area is 134 Å². The molecule has 0 saturated carbocycles. The van der Waals surface area contributed by atoms with E-state index in [9.17, 15) is 4.79 Å². The Morgan fingerprint density at radius 3 is 2.32 bits per heavy atom. The Morgan fingerprint density at radius 1 is 1.18 bits per heavy atom. The number of halogens is 1. The van der Waals surface area contributed by atoms with E-state index in [0.29, 0.717) is 27.9 Å². The van der Waals surface area contributed by atoms with Crippen LogP contribution in [0.15, 0.2) is 18.2 Å². The first-order valence-electron chi connectivity index (χ1n) is 6.80. The predicted octanol–water partition coefficient (Wildman–Crippen LogP) is 3.79. The molecule has 1 aromatic carbocycles. The van der Waals surface area contributed by atoms with E-state index in [1.54, 1.807) is 31.0 Å². The number of aldehydes is 1. The number of hydrogen-bond donors (Lipinski definition) is 0. The van der Waals surface area contributed by atoms with Crippen LogP contribution in [-0.4, -0.2) is 30.3 Å². The quantitative estimate of drug-likeness (QED) is 0.804. The molecule has 2 aromatic rings. The molecule has 0 fully saturated rings. The van der Waals surface area contributed by atoms with E-state index in [4.69, 9.17) is 21.1 Å². The molecule has 0 aliphatic rings. The molecule has 0 saturated heterocycles. The van der Waals surface area contributed by atoms with Crippen LogP contribution in [0.5, 0.6) is 11.5 Å². The summed E-state index contributed by atoms with van der Waals surface area (Å²) in [7, 11) is 3.13. The fourth-order valence-electron chi connectivity index (χ4n) is 2.16. The first-order valence-corrected chi connectivity index (χ1v) is 7.17. The van der Waals surface area contributed by atoms with Crippen molar-refractivity contribution in [3.63, 3.8) is 0 Å². The van der Waals surface area contributed by atoms with E-state index in [1.165, 1.54) is 0 Å². The first kappa shape index (κ1) is 16.4. The van der Waals surface area contributed by atoms with Gasteiger partial charge >= 0.3 is 0 Å². The lowest BCUT2D eigenvalue weighted by atomic mass is 10.1. The number of ether oxygens (including phenoxy) is 2. The fraction of sp³-hybridized carbons (Fsp3) is 0.375. The van der Waals surface area contributed by atoms with Gasteiger partial charge in [-0.05, 0) is 39.0 Å². The average molecular weight is 323 g/mol. The topological polar surface area (TPSA) is 53.4 Å². The molecule has 0 unspecified atom stereocenters. The molecular formula is C16H19ClN2O3. The summed E-state index contributed by atoms with van der Waals surface area (Å²) in [4.78, 5) is 11.4. The molecule has 0 aliphatic heterocycles. The summed E-state index contributed by atoms with van der Waals surface area (Å²) in [6, 6.07) is 5.37. The van der Waals surface area contributed by atoms with Crippen molar-refractivity contribution in [3.8, 4) is 22.8 Å². The van der Waals surface area contributed by atoms with Crippen LogP contribution in [0.4, 0.5) is 0 Å². The molecule has 0 spiro atoms. The third-order valence-corrected chi connectivity index (χ3v) is 3.64. The molecule has 1 heterocycles. The predicted molar refractivity (Wildman–Crippen MR) is 86.2 cm³/mol. The maximum absolute atomic E-state index is 11.4. The fourth-order valence-corrected chi connectivity index (χ4v) is 2.58. The summed E-state index contributed by atoms with van der Waals surface area (Å²) < 4.78 is 12.2. The third kappa shape index (κ3) is 2.81. The second-order valence-electron chi connectivity index (χ2n) is 5.82. The van der Waals surface area contributed by atoms with Crippen molar-refractivity contribution < 1.29 is 14.3 Å². The third-order valence-electron chi connectivity index (χ3n) is 3.27. The number of hydrogen-bond acceptors (Lipinski definition) is 4. The zero-order valence-electron chi connectivity index (χ0n) is 13.3. The Hall–Kier alpha value is -2.01. The largest absolute Gasteiger partial charge is 0.493 e. The Balaban J connectivity index is 2.65. The molecular weight excluding hydrogens is 304 g/mol. The number of rotatable bonds is 4. The van der Waals surface area contributed by atoms with Crippen LogP contribution in [0.2, 0.25) is 5.15 Å². The maximum atomic E-state index is 11.4. The van der Waals surface area contributed by atoms with E-state index in [1.807, 2.05) is 26.8 Å². The average Bonchev–Trinajstić information content (AvgIpc) is 2.83. The summed E-state index contributed by atoms with van der Waals surface area (Å²) >= 11 is 6.31. The molecule has 0 atom stereocenters. The van der Waals surface area contributed by atoms with Crippen molar-refractivity contribution in [1.29, 1.82) is 0 Å². The first-order chi connectivity index (χ1) is 10.3. The van der Waals surface area contributed by atoms with Gasteiger partial charge < -0.3 is 9.47 Å². The highest BCUT2D eigenvalue weighted by Gasteiger charge is 2.24. The highest BCUT2D eigenvalue weighted by molar-refractivity contribution is 6.32. The number of nitrogens with zero attached hydrogens (tertiary/aromatic N) is 2. The van der Waals surface area contributed by atoms with Crippen LogP contribution >= 0.6 is 11.6 Å². The minimum Gasteiger partial charge on any atom is -0.493 e. The maximum Gasteiger partial charge on any atom is 0.161 e. The minimum absolute atomic E-state index is 0.326. The SMILES string of the molecule is COc1ccc(-c2nn(C(C)(C)C)c(Cl)c2C=O)cc1OC. The second kappa shape index (κ2) is 6.01. The summed E-state index contributed by atoms with van der Waals surface area (Å²) in [6.07, 6.45) is 0.726. The van der Waals surface area contributed by atoms with Crippen molar-refractivity contribution in [2.24, 2.45) is 0 Å². The van der Waals surface area contributed by atoms with E-state index in [2.05, 4.69) is 5.10 Å². The molecule has 1 aromatic heterocycles. The van der Waals surface area contributed by atoms with Crippen molar-refractivity contribution in [2.75, 3.05) is 14.2 Å². The van der Waals surface area contributed by atoms with Crippen LogP contribution in [0.1, 0.15) is 31.1 Å². The van der Waals surface area contributed by atoms with Crippen LogP contribution in [0, 0.1) is 0 Å². The van der Waals surface area contributed by atoms with Crippen LogP contribution in [-0.2, 0) is 5.54 Å². The van der Waals surface area contributed by atoms with E-state index < -0.39 is 0 Å². The molecule has 118 valence electrons. The van der Waals surface area contributed by atoms with E-state index in [0.717, 1.165) is 11.8 Å². The molecule has 0 bridgehead atoms. The van der Waals surface area contributed by atoms with Crippen molar-refractivity contribution >= 4 is 17.9 Å². The van der Waals surface area contributed by atoms with Gasteiger partial charge in [0.25, 0.3) is 0 Å². The smallest absolute Gasteiger partial charge is 0.161 e. The van der Waals surface area contributed by atoms with Gasteiger partial charge in [-0.15, -0.1) is 0 Å². The molecule has 0 aliphatic carbocycles. The normalized spacial score (nSPS) is 11.4. The zero-order chi connectivity index (χ0) is 16.5. The molecule has 2 rings (SSSR count). The number of carbonyl (C=O) groups excluding carboxylic acids is 1. The number of aromatic nitrogens is 2. The van der Waals surface area contributed by atoms with Gasteiger partial charge in [-0.3, -0.25) is 4.79 Å². The number of benzene rings is 1. The highest BCUT2D eigenvalue weighted by Crippen LogP contribution is 2.36. The van der Waals surface area contributed by atoms with E-state index >= 15 is 0 Å². The zero-order valence-corrected chi connectivity index (χ0v) is 14.1. The highest BCUT2D eigenvalue weighted by atomic mass is 35.5. The van der Waals surface area contributed by atoms with Crippen LogP contribution in [0.3, 0.4) is 0 Å². The standard InChI is InChI=1S/C16H19ClN2O3/c1-16(2,3)19-15(17)11(9-20)14(18-19)10-6-7-12(21-4)13(8-10)22-5/h6-9H,1-5H3. The summed E-state index contributed by atoms with van der Waals surface area (Å²) in [5.41, 5.74) is 1.30. The van der Waals surface area contributed by atoms with Crippen LogP contribution in [0.25, 0.3) is 11.3 Å². The lowest BCUT2D eigenvalue weighted by Gasteiger charge is -2.20. The van der Waals surface area contributed by atoms with Gasteiger partial charge in [0.15, 0.2) is 17.8 Å². The Bertz CT molecular complexity index is 702. The van der Waals surface area contributed by atoms with E-state index in [-0.39, 0.29) is 5.54 Å². The van der Waals surface area contributed by atoms with Gasteiger partial charge in [0, 0.05) is 5.56 Å². The van der Waals surface area contributed by atoms with Crippen molar-refractivity contribution in [1.82, 2.24) is 9.78 Å². The van der Waals surface area contributed by atoms with Gasteiger partial charge in [-0.2, -0.15) is 5.10 Å². The molecule has 0 N–H and O–H groups in total. The lowest BCUT2D eigenvalue weighted by molar-refractivity contribution is 0.112. The van der Waals surface area contributed by atoms with Gasteiger partial charge in [0.2, 0.25) is 0 Å². The Kier molecular flexibility index (Phi) is 4.47. The van der Waals surface area contributed by atoms with Gasteiger partial charge in [-0.25, -0.2) is 4.68 Å². The minimum atomic E-state index is -0.330. The van der Waals surface area contributed by atoms with Crippen molar-refractivity contribution in [3.05, 3.63) is 28.9 Å².